The fourth-order valence-electron chi connectivity index (χ4n) is 6.63. The predicted molar refractivity (Wildman–Crippen MR) is 208 cm³/mol. The van der Waals surface area contributed by atoms with E-state index in [1.807, 2.05) is 70.4 Å². The molecule has 0 saturated heterocycles. The molecule has 52 heavy (non-hydrogen) atoms. The number of nitrogens with one attached hydrogen (secondary N) is 4. The molecule has 252 valence electrons. The Morgan fingerprint density at radius 1 is 0.404 bits per heavy atom. The van der Waals surface area contributed by atoms with Crippen molar-refractivity contribution in [2.45, 2.75) is 27.7 Å². The zero-order valence-corrected chi connectivity index (χ0v) is 29.1. The van der Waals surface area contributed by atoms with Gasteiger partial charge in [0, 0.05) is 23.7 Å². The lowest BCUT2D eigenvalue weighted by atomic mass is 10.0. The molecule has 0 atom stereocenters. The number of benzene rings is 4. The van der Waals surface area contributed by atoms with Gasteiger partial charge in [0.2, 0.25) is 0 Å². The summed E-state index contributed by atoms with van der Waals surface area (Å²) >= 11 is 0. The van der Waals surface area contributed by atoms with Crippen LogP contribution < -0.4 is 0 Å². The molecule has 10 rings (SSSR count). The van der Waals surface area contributed by atoms with E-state index < -0.39 is 0 Å². The number of nitrogens with zero attached hydrogens (tertiary/aromatic N) is 6. The van der Waals surface area contributed by atoms with E-state index in [1.165, 1.54) is 0 Å². The lowest BCUT2D eigenvalue weighted by Gasteiger charge is -2.01. The van der Waals surface area contributed by atoms with Crippen LogP contribution in [0.3, 0.4) is 0 Å². The number of aromatic nitrogens is 10. The Labute approximate surface area is 298 Å². The number of imidazole rings is 4. The van der Waals surface area contributed by atoms with Gasteiger partial charge < -0.3 is 19.9 Å². The number of H-pyrrole nitrogens is 4. The second kappa shape index (κ2) is 12.4. The van der Waals surface area contributed by atoms with Crippen LogP contribution in [-0.2, 0) is 0 Å². The molecule has 0 unspecified atom stereocenters. The Morgan fingerprint density at radius 3 is 1.40 bits per heavy atom. The van der Waals surface area contributed by atoms with E-state index in [0.717, 1.165) is 112 Å². The molecule has 10 heteroatoms. The van der Waals surface area contributed by atoms with Gasteiger partial charge in [-0.05, 0) is 122 Å². The molecule has 0 aliphatic carbocycles. The lowest BCUT2D eigenvalue weighted by Crippen LogP contribution is -1.87. The summed E-state index contributed by atoms with van der Waals surface area (Å²) in [6, 6.07) is 33.2. The SMILES string of the molecule is Cc1cccc(-c2nc3ccc(-c4ccc5nc(C)[nH]c5c4)cc3[nH]2)n1.Cc1cncc(-c2nc3ccc(-c4ccc5nc(C)[nH]c5c4)cc3[nH]2)c1. The minimum absolute atomic E-state index is 0.792. The predicted octanol–water partition coefficient (Wildman–Crippen LogP) is 9.57. The van der Waals surface area contributed by atoms with Gasteiger partial charge in [-0.3, -0.25) is 4.98 Å². The molecule has 6 heterocycles. The van der Waals surface area contributed by atoms with Crippen molar-refractivity contribution in [2.24, 2.45) is 0 Å². The topological polar surface area (TPSA) is 140 Å². The smallest absolute Gasteiger partial charge is 0.157 e. The van der Waals surface area contributed by atoms with Crippen molar-refractivity contribution in [1.82, 2.24) is 49.8 Å². The monoisotopic (exact) mass is 678 g/mol. The summed E-state index contributed by atoms with van der Waals surface area (Å²) < 4.78 is 0. The molecule has 0 aliphatic heterocycles. The average molecular weight is 679 g/mol. The largest absolute Gasteiger partial charge is 0.342 e. The molecule has 10 nitrogen and oxygen atoms in total. The third kappa shape index (κ3) is 5.96. The standard InChI is InChI=1S/2C21H17N5/c1-12-7-16(11-22-10-12)21-25-18-6-4-15(9-20(18)26-21)14-3-5-17-19(8-14)24-13(2)23-17;1-12-4-3-5-18(22-12)21-25-17-9-7-15(11-20(17)26-21)14-6-8-16-19(10-14)24-13(2)23-16/h2*3-11H,1-2H3,(H,23,24)(H,25,26). The molecule has 6 aromatic heterocycles. The minimum Gasteiger partial charge on any atom is -0.342 e. The van der Waals surface area contributed by atoms with Crippen LogP contribution in [0.5, 0.6) is 0 Å². The van der Waals surface area contributed by atoms with Crippen LogP contribution in [0.2, 0.25) is 0 Å². The van der Waals surface area contributed by atoms with E-state index in [2.05, 4.69) is 112 Å². The van der Waals surface area contributed by atoms with Gasteiger partial charge >= 0.3 is 0 Å². The number of fused-ring (bicyclic) bond motifs is 4. The van der Waals surface area contributed by atoms with Crippen LogP contribution in [0.1, 0.15) is 22.9 Å². The van der Waals surface area contributed by atoms with Crippen LogP contribution in [0.15, 0.2) is 109 Å². The van der Waals surface area contributed by atoms with Crippen molar-refractivity contribution in [3.8, 4) is 45.2 Å². The fourth-order valence-corrected chi connectivity index (χ4v) is 6.63. The zero-order valence-electron chi connectivity index (χ0n) is 29.1. The minimum atomic E-state index is 0.792. The van der Waals surface area contributed by atoms with Gasteiger partial charge in [-0.1, -0.05) is 30.3 Å². The first-order valence-corrected chi connectivity index (χ1v) is 17.1. The number of aryl methyl sites for hydroxylation is 4. The number of hydrogen-bond acceptors (Lipinski definition) is 6. The highest BCUT2D eigenvalue weighted by Gasteiger charge is 2.11. The van der Waals surface area contributed by atoms with Gasteiger partial charge in [-0.2, -0.15) is 0 Å². The summed E-state index contributed by atoms with van der Waals surface area (Å²) in [6.07, 6.45) is 3.68. The van der Waals surface area contributed by atoms with E-state index in [9.17, 15) is 0 Å². The van der Waals surface area contributed by atoms with Gasteiger partial charge in [0.1, 0.15) is 23.2 Å². The van der Waals surface area contributed by atoms with Crippen molar-refractivity contribution in [2.75, 3.05) is 0 Å². The summed E-state index contributed by atoms with van der Waals surface area (Å²) in [4.78, 5) is 40.5. The highest BCUT2D eigenvalue weighted by molar-refractivity contribution is 5.89. The van der Waals surface area contributed by atoms with Gasteiger partial charge in [0.15, 0.2) is 5.82 Å². The molecule has 10 aromatic rings. The van der Waals surface area contributed by atoms with E-state index in [0.29, 0.717) is 0 Å². The van der Waals surface area contributed by atoms with Crippen LogP contribution in [0.25, 0.3) is 89.3 Å². The van der Waals surface area contributed by atoms with Crippen molar-refractivity contribution in [3.63, 3.8) is 0 Å². The number of hydrogen-bond donors (Lipinski definition) is 4. The molecule has 0 fully saturated rings. The summed E-state index contributed by atoms with van der Waals surface area (Å²) in [5.74, 6) is 3.49. The molecule has 0 amide bonds. The number of rotatable bonds is 4. The lowest BCUT2D eigenvalue weighted by molar-refractivity contribution is 1.17. The second-order valence-electron chi connectivity index (χ2n) is 13.2. The fraction of sp³-hybridized carbons (Fsp3) is 0.0952. The van der Waals surface area contributed by atoms with Crippen molar-refractivity contribution in [3.05, 3.63) is 132 Å². The molecule has 0 spiro atoms. The molecule has 0 saturated carbocycles. The second-order valence-corrected chi connectivity index (χ2v) is 13.2. The van der Waals surface area contributed by atoms with Gasteiger partial charge in [-0.15, -0.1) is 0 Å². The van der Waals surface area contributed by atoms with E-state index in [4.69, 9.17) is 4.98 Å². The Morgan fingerprint density at radius 2 is 0.885 bits per heavy atom. The Bertz CT molecular complexity index is 2720. The quantitative estimate of drug-likeness (QED) is 0.146. The van der Waals surface area contributed by atoms with Crippen molar-refractivity contribution < 1.29 is 0 Å². The molecule has 0 radical (unpaired) electrons. The third-order valence-corrected chi connectivity index (χ3v) is 9.11. The molecule has 0 bridgehead atoms. The van der Waals surface area contributed by atoms with Gasteiger partial charge in [0.25, 0.3) is 0 Å². The first-order chi connectivity index (χ1) is 25.3. The first-order valence-electron chi connectivity index (χ1n) is 17.1. The summed E-state index contributed by atoms with van der Waals surface area (Å²) in [5.41, 5.74) is 16.5. The maximum atomic E-state index is 4.70. The third-order valence-electron chi connectivity index (χ3n) is 9.11. The first kappa shape index (κ1) is 31.1. The Balaban J connectivity index is 0.000000138. The van der Waals surface area contributed by atoms with Gasteiger partial charge in [-0.25, -0.2) is 24.9 Å². The summed E-state index contributed by atoms with van der Waals surface area (Å²) in [6.45, 7) is 7.96. The van der Waals surface area contributed by atoms with Gasteiger partial charge in [0.05, 0.1) is 44.1 Å². The highest BCUT2D eigenvalue weighted by atomic mass is 15.0. The highest BCUT2D eigenvalue weighted by Crippen LogP contribution is 2.29. The van der Waals surface area contributed by atoms with Crippen molar-refractivity contribution >= 4 is 44.1 Å². The number of pyridine rings is 2. The zero-order chi connectivity index (χ0) is 35.3. The van der Waals surface area contributed by atoms with Crippen LogP contribution in [0.4, 0.5) is 0 Å². The van der Waals surface area contributed by atoms with E-state index >= 15 is 0 Å². The van der Waals surface area contributed by atoms with Crippen LogP contribution >= 0.6 is 0 Å². The average Bonchev–Trinajstić information content (AvgIpc) is 3.94. The Hall–Kier alpha value is -6.94. The van der Waals surface area contributed by atoms with E-state index in [-0.39, 0.29) is 0 Å². The molecule has 4 aromatic carbocycles. The van der Waals surface area contributed by atoms with Crippen molar-refractivity contribution in [1.29, 1.82) is 0 Å². The molecule has 4 N–H and O–H groups in total. The van der Waals surface area contributed by atoms with Crippen LogP contribution in [0, 0.1) is 27.7 Å². The Kier molecular flexibility index (Phi) is 7.43. The van der Waals surface area contributed by atoms with E-state index in [1.54, 1.807) is 0 Å². The van der Waals surface area contributed by atoms with Crippen LogP contribution in [-0.4, -0.2) is 49.8 Å². The molecular formula is C42H34N10. The number of aromatic amines is 4. The summed E-state index contributed by atoms with van der Waals surface area (Å²) in [7, 11) is 0. The maximum Gasteiger partial charge on any atom is 0.157 e. The molecule has 0 aliphatic rings. The molecular weight excluding hydrogens is 645 g/mol. The normalized spacial score (nSPS) is 11.5. The summed E-state index contributed by atoms with van der Waals surface area (Å²) in [5, 5.41) is 0. The maximum absolute atomic E-state index is 4.70.